The Kier molecular flexibility index (Phi) is 12.9. The lowest BCUT2D eigenvalue weighted by Crippen LogP contribution is -2.61. The lowest BCUT2D eigenvalue weighted by Gasteiger charge is -2.46. The fourth-order valence-electron chi connectivity index (χ4n) is 18.3. The Labute approximate surface area is 657 Å². The summed E-state index contributed by atoms with van der Waals surface area (Å²) in [5.74, 6) is 0. The van der Waals surface area contributed by atoms with Gasteiger partial charge in [0.2, 0.25) is 0 Å². The second kappa shape index (κ2) is 25.5. The van der Waals surface area contributed by atoms with Gasteiger partial charge in [-0.25, -0.2) is 0 Å². The van der Waals surface area contributed by atoms with Crippen molar-refractivity contribution in [1.29, 1.82) is 0 Å². The van der Waals surface area contributed by atoms with Gasteiger partial charge in [0.15, 0.2) is 0 Å². The first-order valence-electron chi connectivity index (χ1n) is 41.9. The molecule has 0 spiro atoms. The number of hydrogen-bond donors (Lipinski definition) is 0. The smallest absolute Gasteiger partial charge is 0.252 e. The Hall–Kier alpha value is -14.2. The number of benzene rings is 17. The molecule has 5 nitrogen and oxygen atoms in total. The molecule has 19 aromatic rings. The van der Waals surface area contributed by atoms with Crippen molar-refractivity contribution in [2.24, 2.45) is 0 Å². The number of para-hydroxylation sites is 8. The van der Waals surface area contributed by atoms with Crippen LogP contribution in [0.25, 0.3) is 122 Å². The molecule has 5 heterocycles. The number of hydrogen-bond acceptors (Lipinski definition) is 3. The maximum absolute atomic E-state index is 9.92. The van der Waals surface area contributed by atoms with E-state index in [2.05, 4.69) is 367 Å². The summed E-state index contributed by atoms with van der Waals surface area (Å²) in [4.78, 5) is 7.41. The number of fused-ring (bicyclic) bond motifs is 12. The normalized spacial score (nSPS) is 14.1. The number of rotatable bonds is 11. The summed E-state index contributed by atoms with van der Waals surface area (Å²) in [7, 11) is 0. The monoisotopic (exact) mass is 1420 g/mol. The predicted molar refractivity (Wildman–Crippen MR) is 469 cm³/mol. The average molecular weight is 1420 g/mol. The third-order valence-electron chi connectivity index (χ3n) is 23.3. The second-order valence-electron chi connectivity index (χ2n) is 29.7. The Morgan fingerprint density at radius 3 is 1.20 bits per heavy atom. The minimum absolute atomic E-state index is 0.000654. The lowest BCUT2D eigenvalue weighted by molar-refractivity contribution is 0.632. The standard InChI is InChI=1S/C105H72BN5/c1-105(2)88-48-22-27-53-96(88)108(77-38-16-7-17-39-77)97-63-57-74(64-89(97)105)76-66-100-102-101(67-76)111(104-82(72-34-12-5-13-35-72)46-29-47-83(104)73-36-14-6-15-37-73)99-68-79(109-94-51-25-20-42-86(94)87-43-21-26-52-95(87)109)60-62-91(99)106(102)90-61-56-75(69-54-58-78(59-55-69)107-92-49-23-18-40-84(92)85-41-19-24-50-93(85)107)65-98(90)110(100)103-80(70-30-8-3-9-31-70)44-28-45-81(103)71-32-10-4-11-33-71/h3-68H,1-2H3/i20D,21D,25D,26D,42D,43D,51D,52D. The van der Waals surface area contributed by atoms with Gasteiger partial charge in [-0.2, -0.15) is 0 Å². The minimum atomic E-state index is -0.536. The zero-order chi connectivity index (χ0) is 80.4. The van der Waals surface area contributed by atoms with Crippen molar-refractivity contribution in [2.45, 2.75) is 19.3 Å². The topological polar surface area (TPSA) is 19.6 Å². The van der Waals surface area contributed by atoms with Crippen LogP contribution in [-0.4, -0.2) is 15.8 Å². The number of nitrogens with zero attached hydrogens (tertiary/aromatic N) is 5. The summed E-state index contributed by atoms with van der Waals surface area (Å²) in [6.07, 6.45) is 0. The van der Waals surface area contributed by atoms with Gasteiger partial charge in [-0.3, -0.25) is 0 Å². The molecule has 3 aliphatic rings. The summed E-state index contributed by atoms with van der Waals surface area (Å²) in [5, 5.41) is 2.38. The highest BCUT2D eigenvalue weighted by atomic mass is 15.2. The van der Waals surface area contributed by atoms with Crippen molar-refractivity contribution in [2.75, 3.05) is 14.7 Å². The molecule has 3 aliphatic heterocycles. The molecular weight excluding hydrogens is 1340 g/mol. The van der Waals surface area contributed by atoms with E-state index in [1.165, 1.54) is 16.3 Å². The van der Waals surface area contributed by atoms with Crippen LogP contribution in [0.4, 0.5) is 51.2 Å². The highest BCUT2D eigenvalue weighted by molar-refractivity contribution is 7.00. The highest BCUT2D eigenvalue weighted by Gasteiger charge is 2.46. The molecule has 17 aromatic carbocycles. The average Bonchev–Trinajstić information content (AvgIpc) is 1.21. The van der Waals surface area contributed by atoms with Crippen LogP contribution in [0.5, 0.6) is 0 Å². The van der Waals surface area contributed by atoms with Crippen LogP contribution in [0, 0.1) is 0 Å². The summed E-state index contributed by atoms with van der Waals surface area (Å²) >= 11 is 0. The molecule has 0 saturated heterocycles. The molecule has 111 heavy (non-hydrogen) atoms. The SMILES string of the molecule is [2H]c1c([2H])c([2H])c2c(c1[2H])c1c([2H])c([2H])c([2H])c([2H])c1n2-c1ccc2c(c1)N(c1c(-c3ccccc3)cccc1-c1ccccc1)c1cc(-c3ccc4c(c3)C(C)(C)c3ccccc3N4c3ccccc3)cc3c1B2c1ccc(-c2ccc(-n4c5ccccc5c5ccccc54)cc2)cc1N3c1c(-c2ccccc2)cccc1-c1ccccc1. The van der Waals surface area contributed by atoms with Crippen molar-refractivity contribution < 1.29 is 11.0 Å². The highest BCUT2D eigenvalue weighted by Crippen LogP contribution is 2.57. The molecule has 0 saturated carbocycles. The van der Waals surface area contributed by atoms with E-state index in [-0.39, 0.29) is 33.9 Å². The quantitative estimate of drug-likeness (QED) is 0.120. The van der Waals surface area contributed by atoms with E-state index in [0.717, 1.165) is 157 Å². The van der Waals surface area contributed by atoms with Crippen molar-refractivity contribution in [1.82, 2.24) is 9.13 Å². The van der Waals surface area contributed by atoms with Gasteiger partial charge in [0.05, 0.1) is 55.8 Å². The fourth-order valence-corrected chi connectivity index (χ4v) is 18.3. The van der Waals surface area contributed by atoms with Crippen LogP contribution in [-0.2, 0) is 5.41 Å². The van der Waals surface area contributed by atoms with E-state index < -0.39 is 48.4 Å². The molecule has 0 radical (unpaired) electrons. The molecule has 0 unspecified atom stereocenters. The van der Waals surface area contributed by atoms with Crippen LogP contribution in [0.1, 0.15) is 35.9 Å². The van der Waals surface area contributed by atoms with Crippen LogP contribution in [0.3, 0.4) is 0 Å². The molecule has 0 aliphatic carbocycles. The molecule has 0 atom stereocenters. The van der Waals surface area contributed by atoms with Crippen molar-refractivity contribution in [3.05, 3.63) is 411 Å². The van der Waals surface area contributed by atoms with E-state index >= 15 is 0 Å². The van der Waals surface area contributed by atoms with Crippen LogP contribution in [0.15, 0.2) is 400 Å². The third-order valence-corrected chi connectivity index (χ3v) is 23.3. The minimum Gasteiger partial charge on any atom is -0.310 e. The van der Waals surface area contributed by atoms with Gasteiger partial charge < -0.3 is 23.8 Å². The Morgan fingerprint density at radius 2 is 0.658 bits per heavy atom. The maximum atomic E-state index is 9.92. The van der Waals surface area contributed by atoms with Crippen molar-refractivity contribution in [3.63, 3.8) is 0 Å². The van der Waals surface area contributed by atoms with E-state index in [9.17, 15) is 8.22 Å². The summed E-state index contributed by atoms with van der Waals surface area (Å²) in [5.41, 5.74) is 29.0. The molecule has 22 rings (SSSR count). The molecule has 0 amide bonds. The third kappa shape index (κ3) is 10.0. The Bertz CT molecular complexity index is 7190. The second-order valence-corrected chi connectivity index (χ2v) is 29.7. The van der Waals surface area contributed by atoms with E-state index in [4.69, 9.17) is 2.74 Å². The first-order chi connectivity index (χ1) is 58.2. The van der Waals surface area contributed by atoms with Gasteiger partial charge in [-0.05, 0) is 169 Å². The van der Waals surface area contributed by atoms with Gasteiger partial charge in [-0.1, -0.05) is 317 Å². The lowest BCUT2D eigenvalue weighted by atomic mass is 9.33. The largest absolute Gasteiger partial charge is 0.310 e. The van der Waals surface area contributed by atoms with Gasteiger partial charge in [0, 0.05) is 89.0 Å². The van der Waals surface area contributed by atoms with Crippen LogP contribution >= 0.6 is 0 Å². The Morgan fingerprint density at radius 1 is 0.252 bits per heavy atom. The summed E-state index contributed by atoms with van der Waals surface area (Å²) in [6.45, 7) is 4.15. The Balaban J connectivity index is 0.895. The zero-order valence-electron chi connectivity index (χ0n) is 68.8. The van der Waals surface area contributed by atoms with Gasteiger partial charge in [0.1, 0.15) is 0 Å². The van der Waals surface area contributed by atoms with E-state index in [0.29, 0.717) is 5.69 Å². The van der Waals surface area contributed by atoms with Crippen molar-refractivity contribution in [3.8, 4) is 78.1 Å². The van der Waals surface area contributed by atoms with Gasteiger partial charge >= 0.3 is 0 Å². The number of aromatic nitrogens is 2. The van der Waals surface area contributed by atoms with Crippen LogP contribution < -0.4 is 31.1 Å². The zero-order valence-corrected chi connectivity index (χ0v) is 60.8. The maximum Gasteiger partial charge on any atom is 0.252 e. The first kappa shape index (κ1) is 56.1. The van der Waals surface area contributed by atoms with Gasteiger partial charge in [-0.15, -0.1) is 0 Å². The van der Waals surface area contributed by atoms with Crippen molar-refractivity contribution >= 4 is 118 Å². The molecular formula is C105H72BN5. The van der Waals surface area contributed by atoms with Crippen LogP contribution in [0.2, 0.25) is 0 Å². The number of anilines is 9. The molecule has 0 N–H and O–H groups in total. The predicted octanol–water partition coefficient (Wildman–Crippen LogP) is 26.1. The summed E-state index contributed by atoms with van der Waals surface area (Å²) < 4.78 is 80.1. The molecule has 2 aromatic heterocycles. The molecule has 6 heteroatoms. The fraction of sp³-hybridized carbons (Fsp3) is 0.0286. The molecule has 520 valence electrons. The van der Waals surface area contributed by atoms with Gasteiger partial charge in [0.25, 0.3) is 6.71 Å². The summed E-state index contributed by atoms with van der Waals surface area (Å²) in [6, 6.07) is 123. The first-order valence-corrected chi connectivity index (χ1v) is 37.9. The molecule has 0 fully saturated rings. The van der Waals surface area contributed by atoms with E-state index in [1.807, 2.05) is 18.2 Å². The molecule has 0 bridgehead atoms. The van der Waals surface area contributed by atoms with E-state index in [1.54, 1.807) is 4.57 Å².